The van der Waals surface area contributed by atoms with Gasteiger partial charge >= 0.3 is 11.4 Å². The Hall–Kier alpha value is -1.62. The van der Waals surface area contributed by atoms with Crippen LogP contribution in [-0.2, 0) is 9.84 Å². The van der Waals surface area contributed by atoms with Crippen molar-refractivity contribution in [3.63, 3.8) is 0 Å². The van der Waals surface area contributed by atoms with Crippen LogP contribution in [0.15, 0.2) is 23.1 Å². The van der Waals surface area contributed by atoms with E-state index >= 15 is 0 Å². The molecule has 2 N–H and O–H groups in total. The van der Waals surface area contributed by atoms with Crippen LogP contribution in [0.4, 0.5) is 27.6 Å². The second-order valence-corrected chi connectivity index (χ2v) is 7.63. The number of rotatable bonds is 2. The molecule has 0 atom stereocenters. The molecular weight excluding hydrogens is 347 g/mol. The average Bonchev–Trinajstić information content (AvgIpc) is 2.35. The molecule has 0 bridgehead atoms. The minimum absolute atomic E-state index is 0.0815. The molecule has 1 aromatic carbocycles. The smallest absolute Gasteiger partial charge is 0.469 e. The number of ether oxygens (including phenoxy) is 1. The predicted octanol–water partition coefficient (Wildman–Crippen LogP) is 2.47. The molecule has 1 aliphatic rings. The van der Waals surface area contributed by atoms with Crippen molar-refractivity contribution in [1.82, 2.24) is 0 Å². The van der Waals surface area contributed by atoms with E-state index in [4.69, 9.17) is 10.6 Å². The lowest BCUT2D eigenvalue weighted by Crippen LogP contribution is -2.50. The molecule has 5 nitrogen and oxygen atoms in total. The van der Waals surface area contributed by atoms with Crippen molar-refractivity contribution < 1.29 is 35.1 Å². The number of benzene rings is 1. The maximum Gasteiger partial charge on any atom is 0.469 e. The van der Waals surface area contributed by atoms with Crippen molar-refractivity contribution in [1.29, 1.82) is 0 Å². The number of fused-ring (bicyclic) bond motifs is 1. The second kappa shape index (κ2) is 4.94. The minimum Gasteiger partial charge on any atom is -0.484 e. The first-order valence-electron chi connectivity index (χ1n) is 6.23. The monoisotopic (exact) mass is 360 g/mol. The van der Waals surface area contributed by atoms with Crippen LogP contribution in [0.2, 0.25) is 0 Å². The van der Waals surface area contributed by atoms with Crippen LogP contribution < -0.4 is 15.6 Å². The molecule has 0 amide bonds. The quantitative estimate of drug-likeness (QED) is 0.648. The highest BCUT2D eigenvalue weighted by molar-refractivity contribution is 7.92. The fourth-order valence-corrected chi connectivity index (χ4v) is 3.22. The summed E-state index contributed by atoms with van der Waals surface area (Å²) >= 11 is 0. The van der Waals surface area contributed by atoms with Crippen LogP contribution in [-0.4, -0.2) is 32.0 Å². The molecule has 0 saturated carbocycles. The SMILES string of the molecule is CC1(C)CN(N)c2cc(S(=O)(=O)C(F)(F)C(F)(F)F)ccc2O1. The number of hydrogen-bond acceptors (Lipinski definition) is 5. The highest BCUT2D eigenvalue weighted by atomic mass is 32.2. The van der Waals surface area contributed by atoms with Gasteiger partial charge in [0.1, 0.15) is 11.4 Å². The number of nitrogens with two attached hydrogens (primary N) is 1. The van der Waals surface area contributed by atoms with Crippen molar-refractivity contribution >= 4 is 15.5 Å². The van der Waals surface area contributed by atoms with Gasteiger partial charge < -0.3 is 9.75 Å². The summed E-state index contributed by atoms with van der Waals surface area (Å²) in [5.41, 5.74) is -0.832. The summed E-state index contributed by atoms with van der Waals surface area (Å²) in [4.78, 5) is -1.20. The van der Waals surface area contributed by atoms with Crippen molar-refractivity contribution in [3.8, 4) is 5.75 Å². The first-order chi connectivity index (χ1) is 10.2. The maximum atomic E-state index is 13.3. The molecule has 0 fully saturated rings. The van der Waals surface area contributed by atoms with Crippen molar-refractivity contribution in [2.75, 3.05) is 11.6 Å². The lowest BCUT2D eigenvalue weighted by molar-refractivity contribution is -0.241. The van der Waals surface area contributed by atoms with E-state index < -0.39 is 31.8 Å². The van der Waals surface area contributed by atoms with Crippen LogP contribution in [0.1, 0.15) is 13.8 Å². The summed E-state index contributed by atoms with van der Waals surface area (Å²) in [6.07, 6.45) is -6.23. The Morgan fingerprint density at radius 1 is 1.22 bits per heavy atom. The lowest BCUT2D eigenvalue weighted by Gasteiger charge is -2.38. The highest BCUT2D eigenvalue weighted by Gasteiger charge is 2.67. The van der Waals surface area contributed by atoms with Gasteiger partial charge in [-0.25, -0.2) is 14.3 Å². The number of halogens is 5. The fourth-order valence-electron chi connectivity index (χ4n) is 2.10. The van der Waals surface area contributed by atoms with Gasteiger partial charge in [0.15, 0.2) is 0 Å². The van der Waals surface area contributed by atoms with Crippen molar-refractivity contribution in [3.05, 3.63) is 18.2 Å². The standard InChI is InChI=1S/C12H13F5N2O3S/c1-10(2)6-19(18)8-5-7(3-4-9(8)22-10)23(20,21)12(16,17)11(13,14)15/h3-5H,6,18H2,1-2H3. The first kappa shape index (κ1) is 17.7. The number of hydrogen-bond donors (Lipinski definition) is 1. The Bertz CT molecular complexity index is 731. The Kier molecular flexibility index (Phi) is 3.80. The van der Waals surface area contributed by atoms with Gasteiger partial charge in [-0.2, -0.15) is 22.0 Å². The third kappa shape index (κ3) is 2.82. The molecule has 1 heterocycles. The number of hydrazine groups is 1. The first-order valence-corrected chi connectivity index (χ1v) is 7.72. The van der Waals surface area contributed by atoms with E-state index in [0.717, 1.165) is 11.1 Å². The zero-order valence-corrected chi connectivity index (χ0v) is 12.8. The van der Waals surface area contributed by atoms with Gasteiger partial charge in [0.25, 0.3) is 9.84 Å². The molecule has 2 rings (SSSR count). The molecule has 0 aromatic heterocycles. The van der Waals surface area contributed by atoms with Gasteiger partial charge in [-0.05, 0) is 32.0 Å². The lowest BCUT2D eigenvalue weighted by atomic mass is 10.1. The molecular formula is C12H13F5N2O3S. The number of anilines is 1. The summed E-state index contributed by atoms with van der Waals surface area (Å²) < 4.78 is 92.3. The summed E-state index contributed by atoms with van der Waals surface area (Å²) in [6.45, 7) is 3.44. The molecule has 0 saturated heterocycles. The van der Waals surface area contributed by atoms with Crippen LogP contribution in [0.25, 0.3) is 0 Å². The minimum atomic E-state index is -6.23. The van der Waals surface area contributed by atoms with Gasteiger partial charge in [-0.15, -0.1) is 0 Å². The third-order valence-corrected chi connectivity index (χ3v) is 4.94. The van der Waals surface area contributed by atoms with Crippen LogP contribution in [0.5, 0.6) is 5.75 Å². The number of nitrogens with zero attached hydrogens (tertiary/aromatic N) is 1. The van der Waals surface area contributed by atoms with Crippen LogP contribution in [0.3, 0.4) is 0 Å². The molecule has 1 aliphatic heterocycles. The molecule has 1 aromatic rings. The van der Waals surface area contributed by atoms with E-state index in [1.165, 1.54) is 0 Å². The Morgan fingerprint density at radius 2 is 1.78 bits per heavy atom. The fraction of sp³-hybridized carbons (Fsp3) is 0.500. The summed E-state index contributed by atoms with van der Waals surface area (Å²) in [5.74, 6) is 5.76. The molecule has 130 valence electrons. The maximum absolute atomic E-state index is 13.3. The zero-order chi connectivity index (χ0) is 17.8. The molecule has 0 radical (unpaired) electrons. The van der Waals surface area contributed by atoms with E-state index in [-0.39, 0.29) is 18.0 Å². The molecule has 0 unspecified atom stereocenters. The second-order valence-electron chi connectivity index (χ2n) is 5.64. The highest BCUT2D eigenvalue weighted by Crippen LogP contribution is 2.45. The van der Waals surface area contributed by atoms with Crippen LogP contribution >= 0.6 is 0 Å². The average molecular weight is 360 g/mol. The third-order valence-electron chi connectivity index (χ3n) is 3.16. The van der Waals surface area contributed by atoms with E-state index in [9.17, 15) is 30.4 Å². The largest absolute Gasteiger partial charge is 0.484 e. The van der Waals surface area contributed by atoms with Gasteiger partial charge in [-0.1, -0.05) is 0 Å². The summed E-state index contributed by atoms with van der Waals surface area (Å²) in [5, 5.41) is -4.88. The molecule has 0 aliphatic carbocycles. The molecule has 23 heavy (non-hydrogen) atoms. The van der Waals surface area contributed by atoms with Crippen molar-refractivity contribution in [2.45, 2.75) is 35.8 Å². The van der Waals surface area contributed by atoms with E-state index in [1.54, 1.807) is 13.8 Å². The van der Waals surface area contributed by atoms with Gasteiger partial charge in [0, 0.05) is 0 Å². The van der Waals surface area contributed by atoms with E-state index in [2.05, 4.69) is 0 Å². The summed E-state index contributed by atoms with van der Waals surface area (Å²) in [6, 6.07) is 2.26. The Morgan fingerprint density at radius 3 is 2.30 bits per heavy atom. The zero-order valence-electron chi connectivity index (χ0n) is 12.0. The van der Waals surface area contributed by atoms with Gasteiger partial charge in [0.2, 0.25) is 0 Å². The number of alkyl halides is 5. The van der Waals surface area contributed by atoms with Gasteiger partial charge in [-0.3, -0.25) is 0 Å². The predicted molar refractivity (Wildman–Crippen MR) is 70.9 cm³/mol. The van der Waals surface area contributed by atoms with Crippen LogP contribution in [0, 0.1) is 0 Å². The Labute approximate surface area is 128 Å². The van der Waals surface area contributed by atoms with E-state index in [1.807, 2.05) is 0 Å². The molecule has 0 spiro atoms. The molecule has 11 heteroatoms. The van der Waals surface area contributed by atoms with Crippen molar-refractivity contribution in [2.24, 2.45) is 5.84 Å². The normalized spacial score (nSPS) is 18.3. The summed E-state index contributed by atoms with van der Waals surface area (Å²) in [7, 11) is -5.98. The van der Waals surface area contributed by atoms with E-state index in [0.29, 0.717) is 12.1 Å². The van der Waals surface area contributed by atoms with Gasteiger partial charge in [0.05, 0.1) is 17.1 Å². The Balaban J connectivity index is 2.54. The topological polar surface area (TPSA) is 72.6 Å². The number of sulfone groups is 1.